The number of aliphatic hydroxyl groups is 1. The molecular formula is C26H30N6O3. The molecule has 0 saturated carbocycles. The molecule has 9 nitrogen and oxygen atoms in total. The predicted molar refractivity (Wildman–Crippen MR) is 131 cm³/mol. The Hall–Kier alpha value is -3.85. The number of H-pyrrole nitrogens is 1. The normalized spacial score (nSPS) is 11.6. The van der Waals surface area contributed by atoms with Crippen molar-refractivity contribution in [3.8, 4) is 22.5 Å². The lowest BCUT2D eigenvalue weighted by atomic mass is 9.98. The maximum Gasteiger partial charge on any atom is 0.359 e. The van der Waals surface area contributed by atoms with Gasteiger partial charge in [0.2, 0.25) is 5.82 Å². The van der Waals surface area contributed by atoms with Crippen LogP contribution in [-0.2, 0) is 29.9 Å². The van der Waals surface area contributed by atoms with Crippen molar-refractivity contribution in [2.24, 2.45) is 0 Å². The zero-order valence-electron chi connectivity index (χ0n) is 20.4. The first-order valence-corrected chi connectivity index (χ1v) is 11.7. The molecule has 4 rings (SSSR count). The molecule has 4 aromatic rings. The first-order valence-electron chi connectivity index (χ1n) is 11.7. The molecule has 35 heavy (non-hydrogen) atoms. The molecule has 0 spiro atoms. The largest absolute Gasteiger partial charge is 0.456 e. The fourth-order valence-electron chi connectivity index (χ4n) is 4.22. The molecular weight excluding hydrogens is 444 g/mol. The highest BCUT2D eigenvalue weighted by Crippen LogP contribution is 2.30. The third-order valence-electron chi connectivity index (χ3n) is 5.76. The standard InChI is InChI=1S/C26H30N6O3/c1-5-9-21-27-22(23(26(3,4)34)32(21)6-2)25(33)35-16-17-12-14-18(15-13-17)19-10-7-8-11-20(19)24-28-30-31-29-24/h7-8,10-15,34H,5-6,9,16H2,1-4H3,(H,28,29,30,31). The number of carbonyl (C=O) groups excluding carboxylic acids is 1. The van der Waals surface area contributed by atoms with Crippen LogP contribution in [0.3, 0.4) is 0 Å². The number of benzene rings is 2. The van der Waals surface area contributed by atoms with Crippen molar-refractivity contribution in [2.45, 2.75) is 59.3 Å². The van der Waals surface area contributed by atoms with Crippen LogP contribution in [0.15, 0.2) is 48.5 Å². The number of aryl methyl sites for hydroxylation is 1. The number of aromatic nitrogens is 6. The summed E-state index contributed by atoms with van der Waals surface area (Å²) in [6.07, 6.45) is 1.61. The number of rotatable bonds is 9. The number of nitrogens with one attached hydrogen (secondary N) is 1. The van der Waals surface area contributed by atoms with Crippen LogP contribution in [0.5, 0.6) is 0 Å². The number of carbonyl (C=O) groups is 1. The molecule has 0 fully saturated rings. The van der Waals surface area contributed by atoms with Crippen LogP contribution >= 0.6 is 0 Å². The van der Waals surface area contributed by atoms with Gasteiger partial charge in [-0.15, -0.1) is 10.2 Å². The minimum Gasteiger partial charge on any atom is -0.456 e. The van der Waals surface area contributed by atoms with E-state index >= 15 is 0 Å². The van der Waals surface area contributed by atoms with Gasteiger partial charge in [0.1, 0.15) is 18.0 Å². The van der Waals surface area contributed by atoms with Gasteiger partial charge in [0.25, 0.3) is 0 Å². The Labute approximate surface area is 204 Å². The minimum absolute atomic E-state index is 0.0962. The molecule has 0 amide bonds. The highest BCUT2D eigenvalue weighted by atomic mass is 16.5. The van der Waals surface area contributed by atoms with Crippen LogP contribution in [0.4, 0.5) is 0 Å². The van der Waals surface area contributed by atoms with Gasteiger partial charge in [-0.2, -0.15) is 5.21 Å². The van der Waals surface area contributed by atoms with E-state index < -0.39 is 11.6 Å². The Balaban J connectivity index is 1.53. The summed E-state index contributed by atoms with van der Waals surface area (Å²) >= 11 is 0. The van der Waals surface area contributed by atoms with Crippen LogP contribution in [-0.4, -0.2) is 41.3 Å². The maximum atomic E-state index is 13.0. The number of aromatic amines is 1. The summed E-state index contributed by atoms with van der Waals surface area (Å²) in [7, 11) is 0. The summed E-state index contributed by atoms with van der Waals surface area (Å²) in [6, 6.07) is 15.6. The Bertz CT molecular complexity index is 1290. The quantitative estimate of drug-likeness (QED) is 0.347. The van der Waals surface area contributed by atoms with E-state index in [0.29, 0.717) is 18.1 Å². The Kier molecular flexibility index (Phi) is 7.07. The monoisotopic (exact) mass is 474 g/mol. The van der Waals surface area contributed by atoms with E-state index in [1.807, 2.05) is 60.0 Å². The first-order chi connectivity index (χ1) is 16.8. The SMILES string of the molecule is CCCc1nc(C(=O)OCc2ccc(-c3ccccc3-c3nn[nH]n3)cc2)c(C(C)(C)O)n1CC. The van der Waals surface area contributed by atoms with Crippen molar-refractivity contribution in [3.63, 3.8) is 0 Å². The van der Waals surface area contributed by atoms with E-state index in [0.717, 1.165) is 40.9 Å². The van der Waals surface area contributed by atoms with Gasteiger partial charge >= 0.3 is 5.97 Å². The van der Waals surface area contributed by atoms with Gasteiger partial charge in [-0.25, -0.2) is 9.78 Å². The Morgan fingerprint density at radius 2 is 1.80 bits per heavy atom. The van der Waals surface area contributed by atoms with Crippen molar-refractivity contribution in [2.75, 3.05) is 0 Å². The van der Waals surface area contributed by atoms with Crippen molar-refractivity contribution in [3.05, 3.63) is 71.3 Å². The summed E-state index contributed by atoms with van der Waals surface area (Å²) in [5, 5.41) is 25.1. The lowest BCUT2D eigenvalue weighted by molar-refractivity contribution is 0.0421. The van der Waals surface area contributed by atoms with Crippen LogP contribution in [0.1, 0.15) is 61.7 Å². The van der Waals surface area contributed by atoms with Gasteiger partial charge in [0.15, 0.2) is 5.69 Å². The molecule has 2 aromatic heterocycles. The lowest BCUT2D eigenvalue weighted by Gasteiger charge is -2.21. The van der Waals surface area contributed by atoms with E-state index in [1.165, 1.54) is 0 Å². The molecule has 0 radical (unpaired) electrons. The van der Waals surface area contributed by atoms with Gasteiger partial charge < -0.3 is 14.4 Å². The van der Waals surface area contributed by atoms with Gasteiger partial charge in [-0.3, -0.25) is 0 Å². The van der Waals surface area contributed by atoms with E-state index in [4.69, 9.17) is 4.74 Å². The fraction of sp³-hybridized carbons (Fsp3) is 0.346. The second kappa shape index (κ2) is 10.2. The zero-order chi connectivity index (χ0) is 25.0. The van der Waals surface area contributed by atoms with Crippen LogP contribution in [0.25, 0.3) is 22.5 Å². The molecule has 2 aromatic carbocycles. The van der Waals surface area contributed by atoms with E-state index in [9.17, 15) is 9.90 Å². The summed E-state index contributed by atoms with van der Waals surface area (Å²) in [5.41, 5.74) is 3.10. The predicted octanol–water partition coefficient (Wildman–Crippen LogP) is 4.29. The van der Waals surface area contributed by atoms with Crippen molar-refractivity contribution >= 4 is 5.97 Å². The summed E-state index contributed by atoms with van der Waals surface area (Å²) in [4.78, 5) is 17.5. The van der Waals surface area contributed by atoms with Crippen LogP contribution in [0.2, 0.25) is 0 Å². The maximum absolute atomic E-state index is 13.0. The second-order valence-corrected chi connectivity index (χ2v) is 8.83. The topological polar surface area (TPSA) is 119 Å². The molecule has 0 unspecified atom stereocenters. The molecule has 2 N–H and O–H groups in total. The fourth-order valence-corrected chi connectivity index (χ4v) is 4.22. The van der Waals surface area contributed by atoms with E-state index in [2.05, 4.69) is 32.5 Å². The highest BCUT2D eigenvalue weighted by Gasteiger charge is 2.32. The van der Waals surface area contributed by atoms with Crippen molar-refractivity contribution in [1.29, 1.82) is 0 Å². The zero-order valence-corrected chi connectivity index (χ0v) is 20.4. The molecule has 2 heterocycles. The average Bonchev–Trinajstić information content (AvgIpc) is 3.51. The third kappa shape index (κ3) is 5.14. The molecule has 0 aliphatic carbocycles. The van der Waals surface area contributed by atoms with Crippen LogP contribution in [0, 0.1) is 0 Å². The molecule has 9 heteroatoms. The van der Waals surface area contributed by atoms with E-state index in [1.54, 1.807) is 13.8 Å². The Morgan fingerprint density at radius 3 is 2.40 bits per heavy atom. The van der Waals surface area contributed by atoms with Gasteiger partial charge in [0, 0.05) is 18.5 Å². The number of imidazole rings is 1. The average molecular weight is 475 g/mol. The molecule has 182 valence electrons. The molecule has 0 aliphatic rings. The van der Waals surface area contributed by atoms with Gasteiger partial charge in [-0.05, 0) is 49.1 Å². The summed E-state index contributed by atoms with van der Waals surface area (Å²) < 4.78 is 7.52. The number of hydrogen-bond acceptors (Lipinski definition) is 7. The number of nitrogens with zero attached hydrogens (tertiary/aromatic N) is 5. The Morgan fingerprint density at radius 1 is 1.09 bits per heavy atom. The minimum atomic E-state index is -1.23. The first kappa shape index (κ1) is 24.3. The molecule has 0 saturated heterocycles. The van der Waals surface area contributed by atoms with Crippen LogP contribution < -0.4 is 0 Å². The number of ether oxygens (including phenoxy) is 1. The highest BCUT2D eigenvalue weighted by molar-refractivity contribution is 5.89. The molecule has 0 bridgehead atoms. The lowest BCUT2D eigenvalue weighted by Crippen LogP contribution is -2.25. The van der Waals surface area contributed by atoms with Gasteiger partial charge in [0.05, 0.1) is 5.69 Å². The molecule has 0 aliphatic heterocycles. The number of tetrazole rings is 1. The smallest absolute Gasteiger partial charge is 0.359 e. The summed E-state index contributed by atoms with van der Waals surface area (Å²) in [6.45, 7) is 8.06. The van der Waals surface area contributed by atoms with Crippen molar-refractivity contribution < 1.29 is 14.6 Å². The molecule has 0 atom stereocenters. The number of hydrogen-bond donors (Lipinski definition) is 2. The van der Waals surface area contributed by atoms with Gasteiger partial charge in [-0.1, -0.05) is 55.5 Å². The third-order valence-corrected chi connectivity index (χ3v) is 5.76. The number of esters is 1. The second-order valence-electron chi connectivity index (χ2n) is 8.83. The summed E-state index contributed by atoms with van der Waals surface area (Å²) in [5.74, 6) is 0.761. The van der Waals surface area contributed by atoms with E-state index in [-0.39, 0.29) is 12.3 Å². The van der Waals surface area contributed by atoms with Crippen molar-refractivity contribution in [1.82, 2.24) is 30.2 Å².